The fourth-order valence-electron chi connectivity index (χ4n) is 2.77. The van der Waals surface area contributed by atoms with Crippen LogP contribution in [-0.4, -0.2) is 23.0 Å². The van der Waals surface area contributed by atoms with Gasteiger partial charge in [0, 0.05) is 17.5 Å². The van der Waals surface area contributed by atoms with Crippen LogP contribution in [0.3, 0.4) is 0 Å². The maximum Gasteiger partial charge on any atom is 0.270 e. The number of nitrogens with two attached hydrogens (primary N) is 1. The van der Waals surface area contributed by atoms with Crippen molar-refractivity contribution < 1.29 is 4.79 Å². The lowest BCUT2D eigenvalue weighted by Gasteiger charge is -2.29. The van der Waals surface area contributed by atoms with Crippen LogP contribution in [0.15, 0.2) is 36.4 Å². The molecule has 0 spiro atoms. The van der Waals surface area contributed by atoms with Crippen LogP contribution in [0.25, 0.3) is 10.9 Å². The quantitative estimate of drug-likeness (QED) is 0.878. The molecule has 2 atom stereocenters. The van der Waals surface area contributed by atoms with Crippen LogP contribution in [0.2, 0.25) is 0 Å². The van der Waals surface area contributed by atoms with Crippen LogP contribution in [0.4, 0.5) is 0 Å². The van der Waals surface area contributed by atoms with Crippen molar-refractivity contribution in [1.82, 2.24) is 10.3 Å². The first-order valence-electron chi connectivity index (χ1n) is 7.16. The van der Waals surface area contributed by atoms with Gasteiger partial charge < -0.3 is 11.1 Å². The van der Waals surface area contributed by atoms with Crippen molar-refractivity contribution in [2.75, 3.05) is 0 Å². The van der Waals surface area contributed by atoms with Gasteiger partial charge in [-0.15, -0.1) is 0 Å². The second-order valence-electron chi connectivity index (χ2n) is 5.42. The van der Waals surface area contributed by atoms with Crippen molar-refractivity contribution in [3.63, 3.8) is 0 Å². The molecule has 4 heteroatoms. The third-order valence-corrected chi connectivity index (χ3v) is 3.97. The van der Waals surface area contributed by atoms with E-state index in [0.29, 0.717) is 5.69 Å². The molecular formula is C16H19N3O. The van der Waals surface area contributed by atoms with E-state index < -0.39 is 0 Å². The predicted octanol–water partition coefficient (Wildman–Crippen LogP) is 2.23. The second-order valence-corrected chi connectivity index (χ2v) is 5.42. The number of para-hydroxylation sites is 1. The zero-order valence-corrected chi connectivity index (χ0v) is 11.4. The van der Waals surface area contributed by atoms with E-state index in [9.17, 15) is 4.79 Å². The van der Waals surface area contributed by atoms with Gasteiger partial charge in [-0.05, 0) is 25.0 Å². The summed E-state index contributed by atoms with van der Waals surface area (Å²) in [5, 5.41) is 4.06. The number of hydrogen-bond donors (Lipinski definition) is 2. The molecule has 104 valence electrons. The lowest BCUT2D eigenvalue weighted by Crippen LogP contribution is -2.49. The summed E-state index contributed by atoms with van der Waals surface area (Å²) in [5.41, 5.74) is 7.36. The summed E-state index contributed by atoms with van der Waals surface area (Å²) in [4.78, 5) is 16.7. The smallest absolute Gasteiger partial charge is 0.270 e. The van der Waals surface area contributed by atoms with Gasteiger partial charge in [-0.25, -0.2) is 4.98 Å². The number of nitrogens with zero attached hydrogens (tertiary/aromatic N) is 1. The summed E-state index contributed by atoms with van der Waals surface area (Å²) in [7, 11) is 0. The summed E-state index contributed by atoms with van der Waals surface area (Å²) in [6.07, 6.45) is 4.22. The molecule has 2 aromatic rings. The Balaban J connectivity index is 1.78. The van der Waals surface area contributed by atoms with Crippen molar-refractivity contribution in [3.8, 4) is 0 Å². The minimum Gasteiger partial charge on any atom is -0.346 e. The van der Waals surface area contributed by atoms with E-state index in [1.807, 2.05) is 30.3 Å². The molecule has 4 nitrogen and oxygen atoms in total. The van der Waals surface area contributed by atoms with E-state index in [0.717, 1.165) is 36.6 Å². The zero-order chi connectivity index (χ0) is 13.9. The van der Waals surface area contributed by atoms with E-state index in [4.69, 9.17) is 5.73 Å². The largest absolute Gasteiger partial charge is 0.346 e. The molecule has 0 radical (unpaired) electrons. The molecule has 1 heterocycles. The average molecular weight is 269 g/mol. The third-order valence-electron chi connectivity index (χ3n) is 3.97. The Morgan fingerprint density at radius 3 is 2.80 bits per heavy atom. The number of pyridine rings is 1. The van der Waals surface area contributed by atoms with Crippen molar-refractivity contribution >= 4 is 16.8 Å². The fourth-order valence-corrected chi connectivity index (χ4v) is 2.77. The molecule has 1 aliphatic rings. The highest BCUT2D eigenvalue weighted by molar-refractivity contribution is 5.95. The third kappa shape index (κ3) is 2.65. The first-order valence-corrected chi connectivity index (χ1v) is 7.16. The molecule has 3 N–H and O–H groups in total. The topological polar surface area (TPSA) is 68.0 Å². The van der Waals surface area contributed by atoms with Crippen LogP contribution in [0.5, 0.6) is 0 Å². The SMILES string of the molecule is N[C@@H]1CCCC[C@H]1NC(=O)c1ccc2ccccc2n1. The Kier molecular flexibility index (Phi) is 3.65. The number of fused-ring (bicyclic) bond motifs is 1. The van der Waals surface area contributed by atoms with E-state index in [1.165, 1.54) is 0 Å². The molecule has 3 rings (SSSR count). The number of rotatable bonds is 2. The predicted molar refractivity (Wildman–Crippen MR) is 79.4 cm³/mol. The van der Waals surface area contributed by atoms with Crippen LogP contribution in [0.1, 0.15) is 36.2 Å². The molecule has 0 aliphatic heterocycles. The Morgan fingerprint density at radius 2 is 1.95 bits per heavy atom. The van der Waals surface area contributed by atoms with Gasteiger partial charge in [-0.2, -0.15) is 0 Å². The monoisotopic (exact) mass is 269 g/mol. The van der Waals surface area contributed by atoms with Crippen LogP contribution >= 0.6 is 0 Å². The molecule has 1 aromatic carbocycles. The number of carbonyl (C=O) groups is 1. The fraction of sp³-hybridized carbons (Fsp3) is 0.375. The number of amides is 1. The highest BCUT2D eigenvalue weighted by atomic mass is 16.1. The van der Waals surface area contributed by atoms with E-state index in [-0.39, 0.29) is 18.0 Å². The molecule has 0 unspecified atom stereocenters. The molecular weight excluding hydrogens is 250 g/mol. The normalized spacial score (nSPS) is 22.6. The Labute approximate surface area is 118 Å². The maximum atomic E-state index is 12.3. The molecule has 0 saturated heterocycles. The Hall–Kier alpha value is -1.94. The molecule has 1 fully saturated rings. The maximum absolute atomic E-state index is 12.3. The average Bonchev–Trinajstić information content (AvgIpc) is 2.49. The first-order chi connectivity index (χ1) is 9.74. The number of benzene rings is 1. The minimum absolute atomic E-state index is 0.0631. The minimum atomic E-state index is -0.127. The number of aromatic nitrogens is 1. The van der Waals surface area contributed by atoms with E-state index in [1.54, 1.807) is 6.07 Å². The molecule has 1 aliphatic carbocycles. The summed E-state index contributed by atoms with van der Waals surface area (Å²) >= 11 is 0. The number of nitrogens with one attached hydrogen (secondary N) is 1. The van der Waals surface area contributed by atoms with Gasteiger partial charge in [0.1, 0.15) is 5.69 Å². The van der Waals surface area contributed by atoms with Gasteiger partial charge in [0.2, 0.25) is 0 Å². The summed E-state index contributed by atoms with van der Waals surface area (Å²) in [5.74, 6) is -0.127. The lowest BCUT2D eigenvalue weighted by molar-refractivity contribution is 0.0916. The lowest BCUT2D eigenvalue weighted by atomic mass is 9.91. The molecule has 1 amide bonds. The van der Waals surface area contributed by atoms with Crippen LogP contribution in [-0.2, 0) is 0 Å². The highest BCUT2D eigenvalue weighted by Gasteiger charge is 2.24. The van der Waals surface area contributed by atoms with E-state index >= 15 is 0 Å². The Bertz CT molecular complexity index is 626. The van der Waals surface area contributed by atoms with E-state index in [2.05, 4.69) is 10.3 Å². The van der Waals surface area contributed by atoms with Crippen molar-refractivity contribution in [3.05, 3.63) is 42.1 Å². The Morgan fingerprint density at radius 1 is 1.15 bits per heavy atom. The molecule has 0 bridgehead atoms. The number of hydrogen-bond acceptors (Lipinski definition) is 3. The van der Waals surface area contributed by atoms with Gasteiger partial charge in [-0.1, -0.05) is 37.1 Å². The van der Waals surface area contributed by atoms with Crippen molar-refractivity contribution in [2.45, 2.75) is 37.8 Å². The van der Waals surface area contributed by atoms with Crippen molar-refractivity contribution in [1.29, 1.82) is 0 Å². The number of carbonyl (C=O) groups excluding carboxylic acids is 1. The molecule has 1 saturated carbocycles. The summed E-state index contributed by atoms with van der Waals surface area (Å²) in [6.45, 7) is 0. The first kappa shape index (κ1) is 13.1. The second kappa shape index (κ2) is 5.59. The highest BCUT2D eigenvalue weighted by Crippen LogP contribution is 2.17. The van der Waals surface area contributed by atoms with Crippen LogP contribution in [0, 0.1) is 0 Å². The molecule has 20 heavy (non-hydrogen) atoms. The standard InChI is InChI=1S/C16H19N3O/c17-12-6-2-4-8-14(12)19-16(20)15-10-9-11-5-1-3-7-13(11)18-15/h1,3,5,7,9-10,12,14H,2,4,6,8,17H2,(H,19,20)/t12-,14-/m1/s1. The zero-order valence-electron chi connectivity index (χ0n) is 11.4. The molecule has 1 aromatic heterocycles. The van der Waals surface area contributed by atoms with Gasteiger partial charge >= 0.3 is 0 Å². The van der Waals surface area contributed by atoms with Gasteiger partial charge in [0.25, 0.3) is 5.91 Å². The van der Waals surface area contributed by atoms with Gasteiger partial charge in [0.05, 0.1) is 5.52 Å². The summed E-state index contributed by atoms with van der Waals surface area (Å²) in [6, 6.07) is 11.6. The summed E-state index contributed by atoms with van der Waals surface area (Å²) < 4.78 is 0. The van der Waals surface area contributed by atoms with Crippen molar-refractivity contribution in [2.24, 2.45) is 5.73 Å². The van der Waals surface area contributed by atoms with Gasteiger partial charge in [-0.3, -0.25) is 4.79 Å². The van der Waals surface area contributed by atoms with Gasteiger partial charge in [0.15, 0.2) is 0 Å². The van der Waals surface area contributed by atoms with Crippen LogP contribution < -0.4 is 11.1 Å².